The van der Waals surface area contributed by atoms with E-state index >= 15 is 0 Å². The molecule has 0 saturated heterocycles. The third-order valence-electron chi connectivity index (χ3n) is 1.77. The van der Waals surface area contributed by atoms with Gasteiger partial charge in [-0.2, -0.15) is 0 Å². The predicted octanol–water partition coefficient (Wildman–Crippen LogP) is 2.84. The van der Waals surface area contributed by atoms with Crippen LogP contribution in [0, 0.1) is 16.0 Å². The summed E-state index contributed by atoms with van der Waals surface area (Å²) >= 11 is 5.66. The van der Waals surface area contributed by atoms with E-state index < -0.39 is 4.92 Å². The van der Waals surface area contributed by atoms with Crippen LogP contribution in [0.2, 0.25) is 5.15 Å². The van der Waals surface area contributed by atoms with Crippen molar-refractivity contribution in [2.24, 2.45) is 5.92 Å². The molecule has 0 unspecified atom stereocenters. The van der Waals surface area contributed by atoms with Crippen molar-refractivity contribution in [3.05, 3.63) is 33.1 Å². The summed E-state index contributed by atoms with van der Waals surface area (Å²) in [5, 5.41) is 10.7. The summed E-state index contributed by atoms with van der Waals surface area (Å²) < 4.78 is 0. The first-order chi connectivity index (χ1) is 6.52. The number of aromatic nitrogens is 1. The van der Waals surface area contributed by atoms with Gasteiger partial charge in [0, 0.05) is 11.8 Å². The fourth-order valence-corrected chi connectivity index (χ4v) is 1.51. The molecule has 0 spiro atoms. The van der Waals surface area contributed by atoms with Crippen molar-refractivity contribution in [1.29, 1.82) is 0 Å². The molecule has 0 aliphatic carbocycles. The van der Waals surface area contributed by atoms with E-state index in [4.69, 9.17) is 11.6 Å². The lowest BCUT2D eigenvalue weighted by Gasteiger charge is -2.05. The van der Waals surface area contributed by atoms with Crippen LogP contribution in [0.3, 0.4) is 0 Å². The van der Waals surface area contributed by atoms with Gasteiger partial charge in [0.1, 0.15) is 0 Å². The Morgan fingerprint density at radius 1 is 1.64 bits per heavy atom. The van der Waals surface area contributed by atoms with Crippen molar-refractivity contribution < 1.29 is 4.92 Å². The van der Waals surface area contributed by atoms with Crippen LogP contribution >= 0.6 is 11.6 Å². The second kappa shape index (κ2) is 4.37. The quantitative estimate of drug-likeness (QED) is 0.442. The molecular formula is C9H11ClN2O2. The summed E-state index contributed by atoms with van der Waals surface area (Å²) in [6.45, 7) is 4.00. The molecule has 1 aromatic rings. The van der Waals surface area contributed by atoms with E-state index in [9.17, 15) is 10.1 Å². The van der Waals surface area contributed by atoms with Crippen molar-refractivity contribution in [1.82, 2.24) is 4.98 Å². The Morgan fingerprint density at radius 3 is 2.79 bits per heavy atom. The number of nitrogens with zero attached hydrogens (tertiary/aromatic N) is 2. The van der Waals surface area contributed by atoms with E-state index in [0.29, 0.717) is 17.9 Å². The van der Waals surface area contributed by atoms with E-state index in [1.54, 1.807) is 6.07 Å². The van der Waals surface area contributed by atoms with Crippen LogP contribution in [-0.2, 0) is 6.42 Å². The Balaban J connectivity index is 3.14. The van der Waals surface area contributed by atoms with Gasteiger partial charge in [-0.3, -0.25) is 10.1 Å². The molecule has 1 heterocycles. The maximum Gasteiger partial charge on any atom is 0.309 e. The van der Waals surface area contributed by atoms with Crippen molar-refractivity contribution in [2.45, 2.75) is 20.3 Å². The molecule has 0 aliphatic heterocycles. The van der Waals surface area contributed by atoms with E-state index in [1.165, 1.54) is 6.20 Å². The van der Waals surface area contributed by atoms with Crippen molar-refractivity contribution in [3.8, 4) is 0 Å². The highest BCUT2D eigenvalue weighted by molar-refractivity contribution is 6.31. The molecule has 76 valence electrons. The van der Waals surface area contributed by atoms with Crippen LogP contribution in [-0.4, -0.2) is 9.91 Å². The second-order valence-electron chi connectivity index (χ2n) is 3.46. The Kier molecular flexibility index (Phi) is 3.41. The van der Waals surface area contributed by atoms with Gasteiger partial charge in [0.25, 0.3) is 0 Å². The first-order valence-electron chi connectivity index (χ1n) is 4.30. The predicted molar refractivity (Wildman–Crippen MR) is 54.4 cm³/mol. The maximum atomic E-state index is 10.7. The highest BCUT2D eigenvalue weighted by Gasteiger charge is 2.19. The van der Waals surface area contributed by atoms with Crippen LogP contribution in [0.15, 0.2) is 12.3 Å². The van der Waals surface area contributed by atoms with Gasteiger partial charge in [-0.1, -0.05) is 25.4 Å². The zero-order chi connectivity index (χ0) is 10.7. The van der Waals surface area contributed by atoms with Gasteiger partial charge in [0.15, 0.2) is 0 Å². The zero-order valence-corrected chi connectivity index (χ0v) is 8.78. The first kappa shape index (κ1) is 10.9. The number of hydrogen-bond donors (Lipinski definition) is 0. The molecule has 14 heavy (non-hydrogen) atoms. The fraction of sp³-hybridized carbons (Fsp3) is 0.444. The van der Waals surface area contributed by atoms with E-state index in [0.717, 1.165) is 0 Å². The standard InChI is InChI=1S/C9H11ClN2O2/c1-6(2)5-7-3-4-11-9(10)8(7)12(13)14/h3-4,6H,5H2,1-2H3. The Labute approximate surface area is 87.1 Å². The molecule has 0 bridgehead atoms. The highest BCUT2D eigenvalue weighted by atomic mass is 35.5. The van der Waals surface area contributed by atoms with E-state index in [1.807, 2.05) is 13.8 Å². The molecule has 0 aromatic carbocycles. The topological polar surface area (TPSA) is 56.0 Å². The molecular weight excluding hydrogens is 204 g/mol. The average Bonchev–Trinajstić information content (AvgIpc) is 2.01. The van der Waals surface area contributed by atoms with Crippen molar-refractivity contribution >= 4 is 17.3 Å². The molecule has 0 N–H and O–H groups in total. The maximum absolute atomic E-state index is 10.7. The highest BCUT2D eigenvalue weighted by Crippen LogP contribution is 2.27. The van der Waals surface area contributed by atoms with Gasteiger partial charge >= 0.3 is 5.69 Å². The third-order valence-corrected chi connectivity index (χ3v) is 2.05. The van der Waals surface area contributed by atoms with Gasteiger partial charge in [0.05, 0.1) is 4.92 Å². The summed E-state index contributed by atoms with van der Waals surface area (Å²) in [7, 11) is 0. The number of rotatable bonds is 3. The van der Waals surface area contributed by atoms with Gasteiger partial charge in [-0.05, 0) is 18.4 Å². The van der Waals surface area contributed by atoms with Crippen molar-refractivity contribution in [2.75, 3.05) is 0 Å². The molecule has 4 nitrogen and oxygen atoms in total. The van der Waals surface area contributed by atoms with Crippen LogP contribution in [0.1, 0.15) is 19.4 Å². The number of halogens is 1. The molecule has 0 amide bonds. The van der Waals surface area contributed by atoms with Crippen LogP contribution < -0.4 is 0 Å². The minimum absolute atomic E-state index is 0.0341. The summed E-state index contributed by atoms with van der Waals surface area (Å²) in [5.41, 5.74) is 0.577. The van der Waals surface area contributed by atoms with Crippen LogP contribution in [0.25, 0.3) is 0 Å². The van der Waals surface area contributed by atoms with Crippen LogP contribution in [0.5, 0.6) is 0 Å². The largest absolute Gasteiger partial charge is 0.309 e. The zero-order valence-electron chi connectivity index (χ0n) is 8.03. The smallest absolute Gasteiger partial charge is 0.258 e. The monoisotopic (exact) mass is 214 g/mol. The average molecular weight is 215 g/mol. The minimum atomic E-state index is -0.479. The first-order valence-corrected chi connectivity index (χ1v) is 4.68. The van der Waals surface area contributed by atoms with Gasteiger partial charge in [0.2, 0.25) is 5.15 Å². The molecule has 5 heteroatoms. The van der Waals surface area contributed by atoms with E-state index in [-0.39, 0.29) is 10.8 Å². The summed E-state index contributed by atoms with van der Waals surface area (Å²) in [4.78, 5) is 13.9. The minimum Gasteiger partial charge on any atom is -0.258 e. The fourth-order valence-electron chi connectivity index (χ4n) is 1.26. The molecule has 0 saturated carbocycles. The number of pyridine rings is 1. The molecule has 1 aromatic heterocycles. The molecule has 0 atom stereocenters. The summed E-state index contributed by atoms with van der Waals surface area (Å²) in [6, 6.07) is 1.64. The van der Waals surface area contributed by atoms with Crippen molar-refractivity contribution in [3.63, 3.8) is 0 Å². The lowest BCUT2D eigenvalue weighted by atomic mass is 10.0. The van der Waals surface area contributed by atoms with Gasteiger partial charge in [-0.15, -0.1) is 0 Å². The lowest BCUT2D eigenvalue weighted by Crippen LogP contribution is -2.01. The summed E-state index contributed by atoms with van der Waals surface area (Å²) in [5.74, 6) is 0.354. The molecule has 0 aliphatic rings. The number of nitro groups is 1. The normalized spacial score (nSPS) is 10.6. The second-order valence-corrected chi connectivity index (χ2v) is 3.82. The molecule has 1 rings (SSSR count). The Morgan fingerprint density at radius 2 is 2.29 bits per heavy atom. The van der Waals surface area contributed by atoms with Gasteiger partial charge < -0.3 is 0 Å². The number of hydrogen-bond acceptors (Lipinski definition) is 3. The summed E-state index contributed by atoms with van der Waals surface area (Å²) in [6.07, 6.45) is 2.13. The Bertz CT molecular complexity index is 353. The van der Waals surface area contributed by atoms with Gasteiger partial charge in [-0.25, -0.2) is 4.98 Å². The van der Waals surface area contributed by atoms with E-state index in [2.05, 4.69) is 4.98 Å². The Hall–Kier alpha value is -1.16. The molecule has 0 fully saturated rings. The SMILES string of the molecule is CC(C)Cc1ccnc(Cl)c1[N+](=O)[O-]. The third kappa shape index (κ3) is 2.42. The van der Waals surface area contributed by atoms with Crippen LogP contribution in [0.4, 0.5) is 5.69 Å². The lowest BCUT2D eigenvalue weighted by molar-refractivity contribution is -0.385. The molecule has 0 radical (unpaired) electrons.